The fraction of sp³-hybridized carbons (Fsp3) is 0.591. The number of imidazole rings is 1. The molecule has 1 aromatic carbocycles. The van der Waals surface area contributed by atoms with Crippen LogP contribution in [-0.2, 0) is 9.59 Å². The first kappa shape index (κ1) is 20.4. The van der Waals surface area contributed by atoms with Crippen molar-refractivity contribution in [3.63, 3.8) is 0 Å². The van der Waals surface area contributed by atoms with Crippen molar-refractivity contribution in [2.75, 3.05) is 6.54 Å². The molecule has 156 valence electrons. The summed E-state index contributed by atoms with van der Waals surface area (Å²) in [4.78, 5) is 36.0. The standard InChI is InChI=1S/C22H29BrN4O2/c1-4-5-18(28)26-19(13(2)3)21(29)27-12-22(8-9-22)11-17(27)20-24-15-7-6-14(23)10-16(15)25-20/h6-7,10,13,17,19H,4-5,8-9,11-12H2,1-3H3,(H,24,25)(H,26,28)/t17-,19-/m0/s1. The van der Waals surface area contributed by atoms with Gasteiger partial charge in [-0.1, -0.05) is 36.7 Å². The van der Waals surface area contributed by atoms with Crippen LogP contribution in [0.3, 0.4) is 0 Å². The van der Waals surface area contributed by atoms with Crippen molar-refractivity contribution in [2.45, 2.75) is 65.0 Å². The van der Waals surface area contributed by atoms with E-state index in [4.69, 9.17) is 4.98 Å². The number of aromatic amines is 1. The van der Waals surface area contributed by atoms with E-state index in [1.165, 1.54) is 0 Å². The Balaban J connectivity index is 1.62. The number of carbonyl (C=O) groups excluding carboxylic acids is 2. The Kier molecular flexibility index (Phi) is 5.44. The molecule has 6 nitrogen and oxygen atoms in total. The van der Waals surface area contributed by atoms with Gasteiger partial charge in [0, 0.05) is 17.4 Å². The normalized spacial score (nSPS) is 21.1. The van der Waals surface area contributed by atoms with E-state index >= 15 is 0 Å². The number of halogens is 1. The van der Waals surface area contributed by atoms with Crippen molar-refractivity contribution in [2.24, 2.45) is 11.3 Å². The summed E-state index contributed by atoms with van der Waals surface area (Å²) < 4.78 is 0.997. The first-order chi connectivity index (χ1) is 13.8. The number of nitrogens with zero attached hydrogens (tertiary/aromatic N) is 2. The zero-order chi connectivity index (χ0) is 20.8. The molecule has 0 bridgehead atoms. The molecule has 2 aliphatic rings. The van der Waals surface area contributed by atoms with Crippen LogP contribution in [0.15, 0.2) is 22.7 Å². The fourth-order valence-corrected chi connectivity index (χ4v) is 4.76. The van der Waals surface area contributed by atoms with Crippen molar-refractivity contribution >= 4 is 38.8 Å². The number of aromatic nitrogens is 2. The Morgan fingerprint density at radius 3 is 2.79 bits per heavy atom. The summed E-state index contributed by atoms with van der Waals surface area (Å²) >= 11 is 3.51. The molecule has 4 rings (SSSR count). The Bertz CT molecular complexity index is 934. The molecule has 1 saturated heterocycles. The number of rotatable bonds is 6. The highest BCUT2D eigenvalue weighted by molar-refractivity contribution is 9.10. The van der Waals surface area contributed by atoms with E-state index < -0.39 is 6.04 Å². The minimum Gasteiger partial charge on any atom is -0.344 e. The summed E-state index contributed by atoms with van der Waals surface area (Å²) in [6, 6.07) is 5.41. The molecule has 2 atom stereocenters. The lowest BCUT2D eigenvalue weighted by atomic mass is 10.0. The van der Waals surface area contributed by atoms with Gasteiger partial charge in [-0.3, -0.25) is 9.59 Å². The molecule has 2 N–H and O–H groups in total. The third kappa shape index (κ3) is 4.06. The third-order valence-corrected chi connectivity index (χ3v) is 6.75. The lowest BCUT2D eigenvalue weighted by Gasteiger charge is -2.30. The van der Waals surface area contributed by atoms with E-state index in [0.717, 1.165) is 53.6 Å². The van der Waals surface area contributed by atoms with Crippen molar-refractivity contribution < 1.29 is 9.59 Å². The molecule has 1 aliphatic heterocycles. The molecule has 1 saturated carbocycles. The van der Waals surface area contributed by atoms with Gasteiger partial charge in [-0.2, -0.15) is 0 Å². The lowest BCUT2D eigenvalue weighted by Crippen LogP contribution is -2.51. The molecule has 0 unspecified atom stereocenters. The molecule has 2 heterocycles. The zero-order valence-corrected chi connectivity index (χ0v) is 18.9. The predicted molar refractivity (Wildman–Crippen MR) is 116 cm³/mol. The molecule has 7 heteroatoms. The summed E-state index contributed by atoms with van der Waals surface area (Å²) in [5.74, 6) is 0.842. The molecule has 1 aromatic heterocycles. The quantitative estimate of drug-likeness (QED) is 0.673. The van der Waals surface area contributed by atoms with Gasteiger partial charge < -0.3 is 15.2 Å². The summed E-state index contributed by atoms with van der Waals surface area (Å²) in [6.07, 6.45) is 4.48. The van der Waals surface area contributed by atoms with Gasteiger partial charge in [0.05, 0.1) is 17.1 Å². The molecule has 29 heavy (non-hydrogen) atoms. The Morgan fingerprint density at radius 1 is 1.38 bits per heavy atom. The van der Waals surface area contributed by atoms with E-state index in [2.05, 4.69) is 26.2 Å². The van der Waals surface area contributed by atoms with Gasteiger partial charge >= 0.3 is 0 Å². The molecule has 2 fully saturated rings. The van der Waals surface area contributed by atoms with Gasteiger partial charge in [0.25, 0.3) is 0 Å². The number of fused-ring (bicyclic) bond motifs is 1. The lowest BCUT2D eigenvalue weighted by molar-refractivity contribution is -0.138. The number of benzene rings is 1. The van der Waals surface area contributed by atoms with Crippen molar-refractivity contribution in [1.29, 1.82) is 0 Å². The number of H-pyrrole nitrogens is 1. The van der Waals surface area contributed by atoms with Crippen LogP contribution >= 0.6 is 15.9 Å². The van der Waals surface area contributed by atoms with E-state index in [1.54, 1.807) is 0 Å². The third-order valence-electron chi connectivity index (χ3n) is 6.25. The van der Waals surface area contributed by atoms with Crippen LogP contribution in [0.25, 0.3) is 11.0 Å². The predicted octanol–water partition coefficient (Wildman–Crippen LogP) is 4.32. The summed E-state index contributed by atoms with van der Waals surface area (Å²) in [5, 5.41) is 2.98. The molecule has 2 amide bonds. The largest absolute Gasteiger partial charge is 0.344 e. The van der Waals surface area contributed by atoms with Gasteiger partial charge in [0.2, 0.25) is 11.8 Å². The van der Waals surface area contributed by atoms with Crippen LogP contribution in [-0.4, -0.2) is 39.3 Å². The molecular weight excluding hydrogens is 432 g/mol. The minimum absolute atomic E-state index is 0.0138. The number of hydrogen-bond donors (Lipinski definition) is 2. The van der Waals surface area contributed by atoms with Crippen LogP contribution in [0.1, 0.15) is 64.7 Å². The van der Waals surface area contributed by atoms with Crippen LogP contribution in [0.5, 0.6) is 0 Å². The Morgan fingerprint density at radius 2 is 2.14 bits per heavy atom. The summed E-state index contributed by atoms with van der Waals surface area (Å²) in [6.45, 7) is 6.71. The van der Waals surface area contributed by atoms with Crippen molar-refractivity contribution in [3.05, 3.63) is 28.5 Å². The van der Waals surface area contributed by atoms with E-state index in [-0.39, 0.29) is 29.2 Å². The molecule has 0 radical (unpaired) electrons. The van der Waals surface area contributed by atoms with E-state index in [1.807, 2.05) is 43.9 Å². The first-order valence-electron chi connectivity index (χ1n) is 10.6. The number of likely N-dealkylation sites (tertiary alicyclic amines) is 1. The average molecular weight is 461 g/mol. The first-order valence-corrected chi connectivity index (χ1v) is 11.4. The minimum atomic E-state index is -0.496. The highest BCUT2D eigenvalue weighted by atomic mass is 79.9. The molecule has 1 spiro atoms. The Hall–Kier alpha value is -1.89. The summed E-state index contributed by atoms with van der Waals surface area (Å²) in [7, 11) is 0. The second-order valence-corrected chi connectivity index (χ2v) is 9.92. The maximum absolute atomic E-state index is 13.6. The van der Waals surface area contributed by atoms with Crippen LogP contribution in [0, 0.1) is 11.3 Å². The zero-order valence-electron chi connectivity index (χ0n) is 17.3. The SMILES string of the molecule is CCCC(=O)N[C@H](C(=O)N1CC2(CC2)C[C@H]1c1nc2ccc(Br)cc2[nH]1)C(C)C. The van der Waals surface area contributed by atoms with Gasteiger partial charge in [-0.05, 0) is 55.2 Å². The van der Waals surface area contributed by atoms with Crippen LogP contribution in [0.4, 0.5) is 0 Å². The van der Waals surface area contributed by atoms with Gasteiger partial charge in [-0.15, -0.1) is 0 Å². The fourth-order valence-electron chi connectivity index (χ4n) is 4.40. The number of amides is 2. The van der Waals surface area contributed by atoms with Crippen molar-refractivity contribution in [1.82, 2.24) is 20.2 Å². The van der Waals surface area contributed by atoms with Crippen LogP contribution in [0.2, 0.25) is 0 Å². The second-order valence-electron chi connectivity index (χ2n) is 9.01. The highest BCUT2D eigenvalue weighted by Crippen LogP contribution is 2.58. The van der Waals surface area contributed by atoms with Crippen molar-refractivity contribution in [3.8, 4) is 0 Å². The van der Waals surface area contributed by atoms with E-state index in [9.17, 15) is 9.59 Å². The summed E-state index contributed by atoms with van der Waals surface area (Å²) in [5.41, 5.74) is 2.11. The van der Waals surface area contributed by atoms with Gasteiger partial charge in [-0.25, -0.2) is 4.98 Å². The number of hydrogen-bond acceptors (Lipinski definition) is 3. The van der Waals surface area contributed by atoms with E-state index in [0.29, 0.717) is 6.42 Å². The highest BCUT2D eigenvalue weighted by Gasteiger charge is 2.55. The smallest absolute Gasteiger partial charge is 0.246 e. The number of nitrogens with one attached hydrogen (secondary N) is 2. The molecule has 1 aliphatic carbocycles. The Labute approximate surface area is 180 Å². The molecular formula is C22H29BrN4O2. The molecule has 2 aromatic rings. The maximum atomic E-state index is 13.6. The monoisotopic (exact) mass is 460 g/mol. The maximum Gasteiger partial charge on any atom is 0.246 e. The average Bonchev–Trinajstić information content (AvgIpc) is 3.11. The van der Waals surface area contributed by atoms with Gasteiger partial charge in [0.15, 0.2) is 0 Å². The number of carbonyl (C=O) groups is 2. The topological polar surface area (TPSA) is 78.1 Å². The van der Waals surface area contributed by atoms with Gasteiger partial charge in [0.1, 0.15) is 11.9 Å². The van der Waals surface area contributed by atoms with Crippen LogP contribution < -0.4 is 5.32 Å². The second kappa shape index (κ2) is 7.74.